The molecule has 0 aliphatic rings. The number of aryl methyl sites for hydroxylation is 1. The van der Waals surface area contributed by atoms with Gasteiger partial charge >= 0.3 is 0 Å². The minimum absolute atomic E-state index is 0.189. The molecular formula is C12H17N5. The fourth-order valence-corrected chi connectivity index (χ4v) is 1.90. The molecule has 0 aliphatic heterocycles. The van der Waals surface area contributed by atoms with Crippen LogP contribution in [0.4, 0.5) is 5.82 Å². The van der Waals surface area contributed by atoms with E-state index in [2.05, 4.69) is 15.3 Å². The molecule has 90 valence electrons. The van der Waals surface area contributed by atoms with E-state index in [-0.39, 0.29) is 6.04 Å². The second-order valence-electron chi connectivity index (χ2n) is 4.02. The zero-order valence-corrected chi connectivity index (χ0v) is 10.1. The van der Waals surface area contributed by atoms with Crippen LogP contribution in [0.15, 0.2) is 30.9 Å². The Balaban J connectivity index is 2.22. The van der Waals surface area contributed by atoms with E-state index >= 15 is 0 Å². The summed E-state index contributed by atoms with van der Waals surface area (Å²) in [6.45, 7) is 0. The van der Waals surface area contributed by atoms with Gasteiger partial charge in [0, 0.05) is 19.4 Å². The third kappa shape index (κ3) is 2.45. The van der Waals surface area contributed by atoms with E-state index in [0.29, 0.717) is 5.82 Å². The van der Waals surface area contributed by atoms with Crippen LogP contribution >= 0.6 is 0 Å². The van der Waals surface area contributed by atoms with E-state index in [1.165, 1.54) is 0 Å². The van der Waals surface area contributed by atoms with Gasteiger partial charge in [0.25, 0.3) is 0 Å². The average Bonchev–Trinajstić information content (AvgIpc) is 2.75. The summed E-state index contributed by atoms with van der Waals surface area (Å²) in [4.78, 5) is 8.23. The molecule has 0 amide bonds. The van der Waals surface area contributed by atoms with Crippen LogP contribution in [-0.4, -0.2) is 21.6 Å². The van der Waals surface area contributed by atoms with Crippen molar-refractivity contribution in [2.45, 2.75) is 12.5 Å². The van der Waals surface area contributed by atoms with Crippen LogP contribution in [0.1, 0.15) is 17.3 Å². The highest BCUT2D eigenvalue weighted by Crippen LogP contribution is 2.19. The van der Waals surface area contributed by atoms with Gasteiger partial charge in [-0.3, -0.25) is 0 Å². The molecule has 0 fully saturated rings. The summed E-state index contributed by atoms with van der Waals surface area (Å²) in [7, 11) is 3.92. The molecule has 0 aliphatic carbocycles. The Hall–Kier alpha value is -1.88. The lowest BCUT2D eigenvalue weighted by Gasteiger charge is -2.17. The standard InChI is InChI=1S/C12H17N5/c1-14-10(11-7-15-8-17(11)2)6-9-4-3-5-16-12(9)13/h3-5,7-8,10,14H,6H2,1-2H3,(H2,13,16). The van der Waals surface area contributed by atoms with E-state index in [4.69, 9.17) is 5.73 Å². The number of rotatable bonds is 4. The van der Waals surface area contributed by atoms with Crippen molar-refractivity contribution in [1.82, 2.24) is 19.9 Å². The van der Waals surface area contributed by atoms with Gasteiger partial charge < -0.3 is 15.6 Å². The largest absolute Gasteiger partial charge is 0.383 e. The van der Waals surface area contributed by atoms with E-state index in [9.17, 15) is 0 Å². The molecule has 0 saturated heterocycles. The van der Waals surface area contributed by atoms with Crippen LogP contribution in [0.25, 0.3) is 0 Å². The van der Waals surface area contributed by atoms with Gasteiger partial charge in [-0.2, -0.15) is 0 Å². The van der Waals surface area contributed by atoms with Gasteiger partial charge in [-0.1, -0.05) is 6.07 Å². The smallest absolute Gasteiger partial charge is 0.126 e. The Morgan fingerprint density at radius 1 is 1.53 bits per heavy atom. The molecular weight excluding hydrogens is 214 g/mol. The maximum atomic E-state index is 5.85. The Morgan fingerprint density at radius 3 is 2.94 bits per heavy atom. The zero-order valence-electron chi connectivity index (χ0n) is 10.1. The maximum Gasteiger partial charge on any atom is 0.126 e. The predicted molar refractivity (Wildman–Crippen MR) is 67.4 cm³/mol. The van der Waals surface area contributed by atoms with Crippen molar-refractivity contribution in [2.24, 2.45) is 7.05 Å². The number of hydrogen-bond acceptors (Lipinski definition) is 4. The van der Waals surface area contributed by atoms with Crippen LogP contribution < -0.4 is 11.1 Å². The summed E-state index contributed by atoms with van der Waals surface area (Å²) in [6.07, 6.45) is 6.17. The van der Waals surface area contributed by atoms with Crippen LogP contribution in [0.3, 0.4) is 0 Å². The lowest BCUT2D eigenvalue weighted by atomic mass is 10.0. The number of nitrogens with zero attached hydrogens (tertiary/aromatic N) is 3. The Kier molecular flexibility index (Phi) is 3.39. The number of nitrogens with two attached hydrogens (primary N) is 1. The number of imidazole rings is 1. The molecule has 0 saturated carbocycles. The van der Waals surface area contributed by atoms with Crippen molar-refractivity contribution in [3.05, 3.63) is 42.1 Å². The summed E-state index contributed by atoms with van der Waals surface area (Å²) in [5, 5.41) is 3.28. The molecule has 5 nitrogen and oxygen atoms in total. The first-order chi connectivity index (χ1) is 8.22. The van der Waals surface area contributed by atoms with Gasteiger partial charge in [-0.05, 0) is 25.1 Å². The van der Waals surface area contributed by atoms with E-state index in [1.54, 1.807) is 12.5 Å². The number of anilines is 1. The van der Waals surface area contributed by atoms with Gasteiger partial charge in [-0.15, -0.1) is 0 Å². The third-order valence-electron chi connectivity index (χ3n) is 2.91. The number of aromatic nitrogens is 3. The minimum atomic E-state index is 0.189. The fourth-order valence-electron chi connectivity index (χ4n) is 1.90. The molecule has 2 heterocycles. The summed E-state index contributed by atoms with van der Waals surface area (Å²) in [6, 6.07) is 4.10. The molecule has 3 N–H and O–H groups in total. The quantitative estimate of drug-likeness (QED) is 0.820. The fraction of sp³-hybridized carbons (Fsp3) is 0.333. The lowest BCUT2D eigenvalue weighted by molar-refractivity contribution is 0.555. The van der Waals surface area contributed by atoms with Gasteiger partial charge in [-0.25, -0.2) is 9.97 Å². The van der Waals surface area contributed by atoms with E-state index in [1.807, 2.05) is 37.0 Å². The second-order valence-corrected chi connectivity index (χ2v) is 4.02. The van der Waals surface area contributed by atoms with Gasteiger partial charge in [0.15, 0.2) is 0 Å². The first-order valence-corrected chi connectivity index (χ1v) is 5.55. The third-order valence-corrected chi connectivity index (χ3v) is 2.91. The Labute approximate surface area is 101 Å². The monoisotopic (exact) mass is 231 g/mol. The number of hydrogen-bond donors (Lipinski definition) is 2. The highest BCUT2D eigenvalue weighted by atomic mass is 15.1. The highest BCUT2D eigenvalue weighted by Gasteiger charge is 2.14. The Morgan fingerprint density at radius 2 is 2.35 bits per heavy atom. The van der Waals surface area contributed by atoms with Gasteiger partial charge in [0.05, 0.1) is 18.1 Å². The Bertz CT molecular complexity index is 491. The first-order valence-electron chi connectivity index (χ1n) is 5.55. The van der Waals surface area contributed by atoms with E-state index < -0.39 is 0 Å². The number of nitrogen functional groups attached to an aromatic ring is 1. The zero-order chi connectivity index (χ0) is 12.3. The summed E-state index contributed by atoms with van der Waals surface area (Å²) in [5.41, 5.74) is 8.04. The molecule has 2 aromatic heterocycles. The van der Waals surface area contributed by atoms with Crippen molar-refractivity contribution in [3.8, 4) is 0 Å². The molecule has 2 aromatic rings. The molecule has 17 heavy (non-hydrogen) atoms. The normalized spacial score (nSPS) is 12.6. The number of pyridine rings is 1. The van der Waals surface area contributed by atoms with Crippen LogP contribution in [0.5, 0.6) is 0 Å². The number of likely N-dealkylation sites (N-methyl/N-ethyl adjacent to an activating group) is 1. The summed E-state index contributed by atoms with van der Waals surface area (Å²) >= 11 is 0. The van der Waals surface area contributed by atoms with Gasteiger partial charge in [0.1, 0.15) is 5.82 Å². The van der Waals surface area contributed by atoms with Crippen molar-refractivity contribution in [2.75, 3.05) is 12.8 Å². The summed E-state index contributed by atoms with van der Waals surface area (Å²) in [5.74, 6) is 0.593. The maximum absolute atomic E-state index is 5.85. The topological polar surface area (TPSA) is 68.8 Å². The van der Waals surface area contributed by atoms with E-state index in [0.717, 1.165) is 17.7 Å². The average molecular weight is 231 g/mol. The lowest BCUT2D eigenvalue weighted by Crippen LogP contribution is -2.21. The van der Waals surface area contributed by atoms with Gasteiger partial charge in [0.2, 0.25) is 0 Å². The SMILES string of the molecule is CNC(Cc1cccnc1N)c1cncn1C. The molecule has 1 atom stereocenters. The minimum Gasteiger partial charge on any atom is -0.383 e. The van der Waals surface area contributed by atoms with Crippen LogP contribution in [0, 0.1) is 0 Å². The van der Waals surface area contributed by atoms with Crippen LogP contribution in [-0.2, 0) is 13.5 Å². The molecule has 1 unspecified atom stereocenters. The highest BCUT2D eigenvalue weighted by molar-refractivity contribution is 5.39. The van der Waals surface area contributed by atoms with Crippen molar-refractivity contribution in [1.29, 1.82) is 0 Å². The predicted octanol–water partition coefficient (Wildman–Crippen LogP) is 0.900. The van der Waals surface area contributed by atoms with Crippen molar-refractivity contribution < 1.29 is 0 Å². The second kappa shape index (κ2) is 4.97. The van der Waals surface area contributed by atoms with Crippen molar-refractivity contribution >= 4 is 5.82 Å². The molecule has 0 radical (unpaired) electrons. The summed E-state index contributed by atoms with van der Waals surface area (Å²) < 4.78 is 2.01. The molecule has 0 aromatic carbocycles. The molecule has 2 rings (SSSR count). The molecule has 5 heteroatoms. The van der Waals surface area contributed by atoms with Crippen molar-refractivity contribution in [3.63, 3.8) is 0 Å². The first kappa shape index (κ1) is 11.6. The molecule has 0 bridgehead atoms. The molecule has 0 spiro atoms. The van der Waals surface area contributed by atoms with Crippen LogP contribution in [0.2, 0.25) is 0 Å². The number of nitrogens with one attached hydrogen (secondary N) is 1.